The van der Waals surface area contributed by atoms with E-state index < -0.39 is 18.1 Å². The molecule has 2 atom stereocenters. The van der Waals surface area contributed by atoms with Crippen LogP contribution in [0.15, 0.2) is 18.3 Å². The number of methoxy groups -OCH3 is 1. The third-order valence-corrected chi connectivity index (χ3v) is 2.62. The molecular weight excluding hydrogens is 213 g/mol. The smallest absolute Gasteiger partial charge is 0.199 e. The Bertz CT molecular complexity index is 412. The Balaban J connectivity index is 2.28. The fourth-order valence-electron chi connectivity index (χ4n) is 1.77. The third-order valence-electron chi connectivity index (χ3n) is 2.62. The van der Waals surface area contributed by atoms with E-state index in [0.717, 1.165) is 0 Å². The van der Waals surface area contributed by atoms with Gasteiger partial charge in [-0.3, -0.25) is 14.6 Å². The zero-order valence-electron chi connectivity index (χ0n) is 8.64. The maximum absolute atomic E-state index is 13.0. The summed E-state index contributed by atoms with van der Waals surface area (Å²) in [5.41, 5.74) is 0.418. The van der Waals surface area contributed by atoms with Crippen LogP contribution in [0.25, 0.3) is 0 Å². The van der Waals surface area contributed by atoms with Gasteiger partial charge in [-0.05, 0) is 12.1 Å². The molecule has 2 unspecified atom stereocenters. The molecular formula is C11H10FNO3. The lowest BCUT2D eigenvalue weighted by Gasteiger charge is -2.09. The van der Waals surface area contributed by atoms with E-state index >= 15 is 0 Å². The summed E-state index contributed by atoms with van der Waals surface area (Å²) in [5, 5.41) is 0. The summed E-state index contributed by atoms with van der Waals surface area (Å²) in [6.45, 7) is 0. The van der Waals surface area contributed by atoms with Gasteiger partial charge in [0.05, 0.1) is 5.92 Å². The Kier molecular flexibility index (Phi) is 2.78. The standard InChI is InChI=1S/C11H10FNO3/c1-16-8(12)5-7-10(14)6-3-2-4-13-9(6)11(7)15/h2-4,7-8H,5H2,1H3. The van der Waals surface area contributed by atoms with E-state index in [1.165, 1.54) is 19.4 Å². The molecule has 0 aromatic carbocycles. The Hall–Kier alpha value is -1.62. The van der Waals surface area contributed by atoms with Gasteiger partial charge in [-0.2, -0.15) is 0 Å². The molecule has 0 aliphatic heterocycles. The van der Waals surface area contributed by atoms with Gasteiger partial charge in [0.25, 0.3) is 0 Å². The Labute approximate surface area is 91.4 Å². The van der Waals surface area contributed by atoms with Crippen molar-refractivity contribution in [3.8, 4) is 0 Å². The number of Topliss-reactive ketones (excluding diaryl/α,β-unsaturated/α-hetero) is 2. The highest BCUT2D eigenvalue weighted by molar-refractivity contribution is 6.25. The molecule has 1 aromatic heterocycles. The van der Waals surface area contributed by atoms with Gasteiger partial charge in [-0.1, -0.05) is 0 Å². The lowest BCUT2D eigenvalue weighted by atomic mass is 10.0. The van der Waals surface area contributed by atoms with Gasteiger partial charge in [0, 0.05) is 25.3 Å². The molecule has 0 radical (unpaired) electrons. The number of carbonyl (C=O) groups excluding carboxylic acids is 2. The monoisotopic (exact) mass is 223 g/mol. The van der Waals surface area contributed by atoms with Crippen molar-refractivity contribution >= 4 is 11.6 Å². The number of halogens is 1. The summed E-state index contributed by atoms with van der Waals surface area (Å²) in [6, 6.07) is 3.11. The molecule has 1 aliphatic carbocycles. The Morgan fingerprint density at radius 3 is 2.88 bits per heavy atom. The van der Waals surface area contributed by atoms with Crippen molar-refractivity contribution in [1.29, 1.82) is 0 Å². The van der Waals surface area contributed by atoms with Crippen molar-refractivity contribution in [3.05, 3.63) is 29.6 Å². The molecule has 1 heterocycles. The van der Waals surface area contributed by atoms with Gasteiger partial charge in [0.2, 0.25) is 0 Å². The Morgan fingerprint density at radius 2 is 2.25 bits per heavy atom. The quantitative estimate of drug-likeness (QED) is 0.727. The van der Waals surface area contributed by atoms with Gasteiger partial charge in [0.15, 0.2) is 17.9 Å². The number of fused-ring (bicyclic) bond motifs is 1. The van der Waals surface area contributed by atoms with Crippen LogP contribution in [0, 0.1) is 5.92 Å². The van der Waals surface area contributed by atoms with Crippen LogP contribution >= 0.6 is 0 Å². The molecule has 0 fully saturated rings. The largest absolute Gasteiger partial charge is 0.351 e. The summed E-state index contributed by atoms with van der Waals surface area (Å²) in [5.74, 6) is -1.77. The fourth-order valence-corrected chi connectivity index (χ4v) is 1.77. The van der Waals surface area contributed by atoms with Crippen LogP contribution < -0.4 is 0 Å². The van der Waals surface area contributed by atoms with Crippen LogP contribution in [0.5, 0.6) is 0 Å². The molecule has 0 saturated carbocycles. The fraction of sp³-hybridized carbons (Fsp3) is 0.364. The minimum absolute atomic E-state index is 0.140. The summed E-state index contributed by atoms with van der Waals surface area (Å²) >= 11 is 0. The van der Waals surface area contributed by atoms with Crippen molar-refractivity contribution in [2.45, 2.75) is 12.8 Å². The molecule has 4 nitrogen and oxygen atoms in total. The van der Waals surface area contributed by atoms with Crippen LogP contribution in [0.1, 0.15) is 27.3 Å². The number of hydrogen-bond acceptors (Lipinski definition) is 4. The molecule has 0 N–H and O–H groups in total. The van der Waals surface area contributed by atoms with E-state index in [0.29, 0.717) is 0 Å². The van der Waals surface area contributed by atoms with E-state index in [2.05, 4.69) is 9.72 Å². The summed E-state index contributed by atoms with van der Waals surface area (Å²) < 4.78 is 17.4. The normalized spacial score (nSPS) is 21.0. The van der Waals surface area contributed by atoms with Gasteiger partial charge in [-0.15, -0.1) is 0 Å². The van der Waals surface area contributed by atoms with E-state index in [4.69, 9.17) is 0 Å². The first-order valence-electron chi connectivity index (χ1n) is 4.85. The first-order valence-corrected chi connectivity index (χ1v) is 4.85. The zero-order chi connectivity index (χ0) is 11.7. The molecule has 2 rings (SSSR count). The highest BCUT2D eigenvalue weighted by Gasteiger charge is 2.40. The van der Waals surface area contributed by atoms with Crippen molar-refractivity contribution in [3.63, 3.8) is 0 Å². The number of ether oxygens (including phenoxy) is 1. The van der Waals surface area contributed by atoms with Crippen LogP contribution in [0.2, 0.25) is 0 Å². The second-order valence-electron chi connectivity index (χ2n) is 3.56. The van der Waals surface area contributed by atoms with Crippen molar-refractivity contribution in [2.75, 3.05) is 7.11 Å². The van der Waals surface area contributed by atoms with Gasteiger partial charge in [-0.25, -0.2) is 4.39 Å². The number of aromatic nitrogens is 1. The molecule has 1 aliphatic rings. The molecule has 16 heavy (non-hydrogen) atoms. The minimum atomic E-state index is -1.60. The third kappa shape index (κ3) is 1.63. The molecule has 84 valence electrons. The predicted octanol–water partition coefficient (Wildman–Crippen LogP) is 1.41. The number of pyridine rings is 1. The van der Waals surface area contributed by atoms with Crippen molar-refractivity contribution in [2.24, 2.45) is 5.92 Å². The summed E-state index contributed by atoms with van der Waals surface area (Å²) in [7, 11) is 1.19. The average molecular weight is 223 g/mol. The van der Waals surface area contributed by atoms with Crippen LogP contribution in [-0.2, 0) is 4.74 Å². The van der Waals surface area contributed by atoms with Gasteiger partial charge < -0.3 is 4.74 Å². The van der Waals surface area contributed by atoms with E-state index in [9.17, 15) is 14.0 Å². The SMILES string of the molecule is COC(F)CC1C(=O)c2cccnc2C1=O. The molecule has 5 heteroatoms. The zero-order valence-corrected chi connectivity index (χ0v) is 8.64. The summed E-state index contributed by atoms with van der Waals surface area (Å²) in [4.78, 5) is 27.4. The highest BCUT2D eigenvalue weighted by Crippen LogP contribution is 2.28. The molecule has 0 spiro atoms. The molecule has 1 aromatic rings. The van der Waals surface area contributed by atoms with Crippen LogP contribution in [0.3, 0.4) is 0 Å². The number of rotatable bonds is 3. The van der Waals surface area contributed by atoms with Gasteiger partial charge >= 0.3 is 0 Å². The van der Waals surface area contributed by atoms with Crippen LogP contribution in [0.4, 0.5) is 4.39 Å². The second-order valence-corrected chi connectivity index (χ2v) is 3.56. The lowest BCUT2D eigenvalue weighted by Crippen LogP contribution is -2.21. The number of ketones is 2. The van der Waals surface area contributed by atoms with E-state index in [1.807, 2.05) is 0 Å². The van der Waals surface area contributed by atoms with E-state index in [-0.39, 0.29) is 23.5 Å². The summed E-state index contributed by atoms with van der Waals surface area (Å²) in [6.07, 6.45) is -0.410. The van der Waals surface area contributed by atoms with Crippen molar-refractivity contribution in [1.82, 2.24) is 4.98 Å². The molecule has 0 bridgehead atoms. The second kappa shape index (κ2) is 4.09. The predicted molar refractivity (Wildman–Crippen MR) is 52.9 cm³/mol. The highest BCUT2D eigenvalue weighted by atomic mass is 19.1. The minimum Gasteiger partial charge on any atom is -0.351 e. The number of hydrogen-bond donors (Lipinski definition) is 0. The Morgan fingerprint density at radius 1 is 1.50 bits per heavy atom. The topological polar surface area (TPSA) is 56.3 Å². The maximum atomic E-state index is 13.0. The number of carbonyl (C=O) groups is 2. The van der Waals surface area contributed by atoms with Crippen molar-refractivity contribution < 1.29 is 18.7 Å². The molecule has 0 amide bonds. The molecule has 0 saturated heterocycles. The number of nitrogens with zero attached hydrogens (tertiary/aromatic N) is 1. The van der Waals surface area contributed by atoms with Gasteiger partial charge in [0.1, 0.15) is 5.69 Å². The van der Waals surface area contributed by atoms with E-state index in [1.54, 1.807) is 6.07 Å². The first kappa shape index (κ1) is 10.9. The average Bonchev–Trinajstić information content (AvgIpc) is 2.55. The van der Waals surface area contributed by atoms with Crippen LogP contribution in [-0.4, -0.2) is 30.0 Å². The first-order chi connectivity index (χ1) is 7.65. The number of alkyl halides is 1. The lowest BCUT2D eigenvalue weighted by molar-refractivity contribution is -0.0180. The maximum Gasteiger partial charge on any atom is 0.199 e.